The molecule has 0 spiro atoms. The van der Waals surface area contributed by atoms with Crippen LogP contribution in [0.25, 0.3) is 0 Å². The molecule has 0 aliphatic rings. The molecule has 0 unspecified atom stereocenters. The van der Waals surface area contributed by atoms with Crippen LogP contribution in [0.2, 0.25) is 0 Å². The zero-order chi connectivity index (χ0) is 18.4. The Labute approximate surface area is 156 Å². The van der Waals surface area contributed by atoms with Crippen LogP contribution in [-0.4, -0.2) is 19.2 Å². The molecule has 0 radical (unpaired) electrons. The molecule has 25 heavy (non-hydrogen) atoms. The number of hydrogen-bond acceptors (Lipinski definition) is 2. The molecule has 0 aromatic heterocycles. The number of hydrogen-bond donors (Lipinski definition) is 1. The molecular formula is C22H41NO2. The fourth-order valence-corrected chi connectivity index (χ4v) is 2.53. The van der Waals surface area contributed by atoms with E-state index in [-0.39, 0.29) is 6.09 Å². The van der Waals surface area contributed by atoms with Crippen LogP contribution in [0.1, 0.15) is 97.3 Å². The third-order valence-corrected chi connectivity index (χ3v) is 4.10. The van der Waals surface area contributed by atoms with Gasteiger partial charge in [-0.1, -0.05) is 76.7 Å². The average Bonchev–Trinajstić information content (AvgIpc) is 2.62. The highest BCUT2D eigenvalue weighted by Gasteiger charge is 1.99. The van der Waals surface area contributed by atoms with Gasteiger partial charge in [0.05, 0.1) is 6.61 Å². The molecule has 0 aromatic carbocycles. The van der Waals surface area contributed by atoms with Crippen molar-refractivity contribution in [3.8, 4) is 0 Å². The average molecular weight is 352 g/mol. The number of rotatable bonds is 17. The van der Waals surface area contributed by atoms with Crippen molar-refractivity contribution in [1.82, 2.24) is 5.32 Å². The van der Waals surface area contributed by atoms with Gasteiger partial charge < -0.3 is 10.1 Å². The summed E-state index contributed by atoms with van der Waals surface area (Å²) < 4.78 is 5.10. The maximum absolute atomic E-state index is 11.2. The highest BCUT2D eigenvalue weighted by molar-refractivity contribution is 5.66. The quantitative estimate of drug-likeness (QED) is 0.228. The van der Waals surface area contributed by atoms with Gasteiger partial charge in [-0.2, -0.15) is 0 Å². The maximum Gasteiger partial charge on any atom is 0.407 e. The SMILES string of the molecule is CCCCCC=CCC=CCCCCCCCCOC(=O)NCCC. The van der Waals surface area contributed by atoms with Crippen molar-refractivity contribution in [3.05, 3.63) is 24.3 Å². The van der Waals surface area contributed by atoms with Crippen LogP contribution in [0.3, 0.4) is 0 Å². The topological polar surface area (TPSA) is 38.3 Å². The molecule has 0 saturated carbocycles. The van der Waals surface area contributed by atoms with Crippen molar-refractivity contribution in [2.75, 3.05) is 13.2 Å². The van der Waals surface area contributed by atoms with Crippen LogP contribution in [0.4, 0.5) is 4.79 Å². The van der Waals surface area contributed by atoms with Crippen LogP contribution in [0, 0.1) is 0 Å². The number of alkyl carbamates (subject to hydrolysis) is 1. The molecule has 3 nitrogen and oxygen atoms in total. The summed E-state index contributed by atoms with van der Waals surface area (Å²) in [6.07, 6.45) is 24.6. The Hall–Kier alpha value is -1.25. The Morgan fingerprint density at radius 1 is 0.760 bits per heavy atom. The summed E-state index contributed by atoms with van der Waals surface area (Å²) in [5, 5.41) is 2.72. The number of carbonyl (C=O) groups excluding carboxylic acids is 1. The number of allylic oxidation sites excluding steroid dienone is 4. The highest BCUT2D eigenvalue weighted by atomic mass is 16.5. The fraction of sp³-hybridized carbons (Fsp3) is 0.773. The third kappa shape index (κ3) is 20.7. The third-order valence-electron chi connectivity index (χ3n) is 4.10. The van der Waals surface area contributed by atoms with Crippen molar-refractivity contribution in [2.45, 2.75) is 97.3 Å². The van der Waals surface area contributed by atoms with E-state index in [0.717, 1.165) is 25.7 Å². The lowest BCUT2D eigenvalue weighted by atomic mass is 10.1. The first-order valence-electron chi connectivity index (χ1n) is 10.5. The molecule has 0 aliphatic carbocycles. The van der Waals surface area contributed by atoms with Gasteiger partial charge in [0.2, 0.25) is 0 Å². The Morgan fingerprint density at radius 2 is 1.36 bits per heavy atom. The predicted octanol–water partition coefficient (Wildman–Crippen LogP) is 6.94. The molecule has 3 heteroatoms. The molecule has 1 N–H and O–H groups in total. The Balaban J connectivity index is 3.20. The molecule has 0 heterocycles. The number of carbonyl (C=O) groups is 1. The summed E-state index contributed by atoms with van der Waals surface area (Å²) in [4.78, 5) is 11.2. The van der Waals surface area contributed by atoms with Crippen LogP contribution < -0.4 is 5.32 Å². The molecule has 0 fully saturated rings. The van der Waals surface area contributed by atoms with E-state index < -0.39 is 0 Å². The van der Waals surface area contributed by atoms with E-state index in [2.05, 4.69) is 36.5 Å². The van der Waals surface area contributed by atoms with Gasteiger partial charge in [0.1, 0.15) is 0 Å². The van der Waals surface area contributed by atoms with Gasteiger partial charge in [0.15, 0.2) is 0 Å². The molecule has 1 amide bonds. The first-order chi connectivity index (χ1) is 12.3. The van der Waals surface area contributed by atoms with Gasteiger partial charge in [-0.05, 0) is 44.9 Å². The molecule has 0 rings (SSSR count). The minimum Gasteiger partial charge on any atom is -0.450 e. The normalized spacial score (nSPS) is 11.4. The summed E-state index contributed by atoms with van der Waals surface area (Å²) in [6, 6.07) is 0. The Bertz CT molecular complexity index is 337. The molecule has 0 saturated heterocycles. The molecule has 0 bridgehead atoms. The predicted molar refractivity (Wildman–Crippen MR) is 109 cm³/mol. The van der Waals surface area contributed by atoms with Crippen LogP contribution in [0.15, 0.2) is 24.3 Å². The van der Waals surface area contributed by atoms with Crippen molar-refractivity contribution in [1.29, 1.82) is 0 Å². The van der Waals surface area contributed by atoms with Gasteiger partial charge >= 0.3 is 6.09 Å². The summed E-state index contributed by atoms with van der Waals surface area (Å²) in [7, 11) is 0. The van der Waals surface area contributed by atoms with E-state index in [1.54, 1.807) is 0 Å². The smallest absolute Gasteiger partial charge is 0.407 e. The Morgan fingerprint density at radius 3 is 2.00 bits per heavy atom. The zero-order valence-corrected chi connectivity index (χ0v) is 16.7. The molecule has 0 aromatic rings. The van der Waals surface area contributed by atoms with Gasteiger partial charge in [-0.15, -0.1) is 0 Å². The second-order valence-electron chi connectivity index (χ2n) is 6.65. The molecular weight excluding hydrogens is 310 g/mol. The second kappa shape index (κ2) is 20.8. The highest BCUT2D eigenvalue weighted by Crippen LogP contribution is 2.08. The van der Waals surface area contributed by atoms with Gasteiger partial charge in [-0.3, -0.25) is 0 Å². The van der Waals surface area contributed by atoms with E-state index in [0.29, 0.717) is 13.2 Å². The van der Waals surface area contributed by atoms with Crippen molar-refractivity contribution in [2.24, 2.45) is 0 Å². The summed E-state index contributed by atoms with van der Waals surface area (Å²) in [5.74, 6) is 0. The first-order valence-corrected chi connectivity index (χ1v) is 10.5. The lowest BCUT2D eigenvalue weighted by molar-refractivity contribution is 0.144. The number of ether oxygens (including phenoxy) is 1. The standard InChI is InChI=1S/C22H41NO2/c1-3-5-6-7-8-9-10-11-12-13-14-15-16-17-18-19-21-25-22(24)23-20-4-2/h8-9,11-12H,3-7,10,13-21H2,1-2H3,(H,23,24). The second-order valence-corrected chi connectivity index (χ2v) is 6.65. The van der Waals surface area contributed by atoms with Crippen LogP contribution in [-0.2, 0) is 4.74 Å². The van der Waals surface area contributed by atoms with Crippen molar-refractivity contribution < 1.29 is 9.53 Å². The first kappa shape index (κ1) is 23.8. The van der Waals surface area contributed by atoms with Crippen LogP contribution >= 0.6 is 0 Å². The monoisotopic (exact) mass is 351 g/mol. The largest absolute Gasteiger partial charge is 0.450 e. The number of amides is 1. The fourth-order valence-electron chi connectivity index (χ4n) is 2.53. The lowest BCUT2D eigenvalue weighted by Gasteiger charge is -2.05. The Kier molecular flexibility index (Phi) is 19.8. The van der Waals surface area contributed by atoms with Crippen molar-refractivity contribution >= 4 is 6.09 Å². The summed E-state index contributed by atoms with van der Waals surface area (Å²) in [6.45, 7) is 5.52. The van der Waals surface area contributed by atoms with Crippen LogP contribution in [0.5, 0.6) is 0 Å². The van der Waals surface area contributed by atoms with E-state index in [9.17, 15) is 4.79 Å². The summed E-state index contributed by atoms with van der Waals surface area (Å²) >= 11 is 0. The minimum absolute atomic E-state index is 0.274. The number of unbranched alkanes of at least 4 members (excludes halogenated alkanes) is 9. The van der Waals surface area contributed by atoms with Crippen molar-refractivity contribution in [3.63, 3.8) is 0 Å². The lowest BCUT2D eigenvalue weighted by Crippen LogP contribution is -2.25. The van der Waals surface area contributed by atoms with Gasteiger partial charge in [-0.25, -0.2) is 4.79 Å². The summed E-state index contributed by atoms with van der Waals surface area (Å²) in [5.41, 5.74) is 0. The van der Waals surface area contributed by atoms with Gasteiger partial charge in [0.25, 0.3) is 0 Å². The maximum atomic E-state index is 11.2. The molecule has 146 valence electrons. The minimum atomic E-state index is -0.274. The molecule has 0 atom stereocenters. The van der Waals surface area contributed by atoms with E-state index in [1.165, 1.54) is 57.8 Å². The number of nitrogens with one attached hydrogen (secondary N) is 1. The van der Waals surface area contributed by atoms with E-state index in [4.69, 9.17) is 4.74 Å². The van der Waals surface area contributed by atoms with Gasteiger partial charge in [0, 0.05) is 6.54 Å². The molecule has 0 aliphatic heterocycles. The van der Waals surface area contributed by atoms with E-state index in [1.807, 2.05) is 6.92 Å². The zero-order valence-electron chi connectivity index (χ0n) is 16.7. The van der Waals surface area contributed by atoms with E-state index >= 15 is 0 Å².